The Kier molecular flexibility index (Phi) is 4.19. The monoisotopic (exact) mass is 350 g/mol. The number of nitrogens with zero attached hydrogens (tertiary/aromatic N) is 3. The molecule has 1 atom stereocenters. The number of hydrogen-bond donors (Lipinski definition) is 1. The Labute approximate surface area is 150 Å². The van der Waals surface area contributed by atoms with Crippen LogP contribution in [-0.4, -0.2) is 25.6 Å². The molecule has 1 fully saturated rings. The lowest BCUT2D eigenvalue weighted by Crippen LogP contribution is -2.28. The van der Waals surface area contributed by atoms with Crippen LogP contribution in [0.25, 0.3) is 5.69 Å². The van der Waals surface area contributed by atoms with Crippen LogP contribution in [0.4, 0.5) is 0 Å². The zero-order valence-electron chi connectivity index (χ0n) is 13.6. The van der Waals surface area contributed by atoms with Crippen LogP contribution >= 0.6 is 12.2 Å². The lowest BCUT2D eigenvalue weighted by Gasteiger charge is -2.24. The number of nitrogens with one attached hydrogen (secondary N) is 1. The molecule has 1 aliphatic rings. The van der Waals surface area contributed by atoms with Crippen LogP contribution in [0.5, 0.6) is 0 Å². The van der Waals surface area contributed by atoms with Crippen LogP contribution in [0.3, 0.4) is 0 Å². The van der Waals surface area contributed by atoms with Gasteiger partial charge in [0.05, 0.1) is 6.04 Å². The van der Waals surface area contributed by atoms with E-state index in [1.807, 2.05) is 70.1 Å². The number of para-hydroxylation sites is 1. The third kappa shape index (κ3) is 3.00. The zero-order chi connectivity index (χ0) is 17.2. The van der Waals surface area contributed by atoms with Crippen LogP contribution in [0.1, 0.15) is 30.3 Å². The number of rotatable bonds is 4. The fraction of sp³-hybridized carbons (Fsp3) is 0.211. The van der Waals surface area contributed by atoms with Gasteiger partial charge in [-0.05, 0) is 36.3 Å². The molecule has 1 aliphatic heterocycles. The van der Waals surface area contributed by atoms with Gasteiger partial charge in [0, 0.05) is 18.7 Å². The summed E-state index contributed by atoms with van der Waals surface area (Å²) in [7, 11) is 0. The largest absolute Gasteiger partial charge is 0.328 e. The molecular weight excluding hydrogens is 332 g/mol. The fourth-order valence-corrected chi connectivity index (χ4v) is 3.58. The maximum atomic E-state index is 12.5. The number of likely N-dealkylation sites (tertiary alicyclic amines) is 1. The van der Waals surface area contributed by atoms with Gasteiger partial charge in [0.2, 0.25) is 5.91 Å². The smallest absolute Gasteiger partial charge is 0.223 e. The van der Waals surface area contributed by atoms with Gasteiger partial charge in [-0.3, -0.25) is 14.5 Å². The Morgan fingerprint density at radius 1 is 1.08 bits per heavy atom. The van der Waals surface area contributed by atoms with Crippen molar-refractivity contribution in [3.63, 3.8) is 0 Å². The van der Waals surface area contributed by atoms with Crippen molar-refractivity contribution in [1.82, 2.24) is 19.7 Å². The van der Waals surface area contributed by atoms with E-state index in [1.54, 1.807) is 0 Å². The van der Waals surface area contributed by atoms with E-state index in [0.717, 1.165) is 23.5 Å². The number of amides is 1. The molecule has 6 heteroatoms. The summed E-state index contributed by atoms with van der Waals surface area (Å²) < 4.78 is 2.47. The van der Waals surface area contributed by atoms with Crippen LogP contribution < -0.4 is 0 Å². The highest BCUT2D eigenvalue weighted by molar-refractivity contribution is 7.71. The summed E-state index contributed by atoms with van der Waals surface area (Å²) >= 11 is 5.43. The molecule has 2 aromatic carbocycles. The van der Waals surface area contributed by atoms with E-state index in [9.17, 15) is 4.79 Å². The van der Waals surface area contributed by atoms with Crippen molar-refractivity contribution >= 4 is 18.1 Å². The highest BCUT2D eigenvalue weighted by Crippen LogP contribution is 2.34. The first kappa shape index (κ1) is 15.8. The Hall–Kier alpha value is -2.73. The second-order valence-electron chi connectivity index (χ2n) is 6.12. The number of aromatic amines is 1. The molecular formula is C19H18N4OS. The topological polar surface area (TPSA) is 53.9 Å². The SMILES string of the molecule is O=C1CC[C@H](c2n[nH]c(=S)n2-c2ccccc2)N1Cc1ccccc1. The minimum atomic E-state index is -0.0825. The molecule has 4 rings (SSSR count). The molecule has 0 saturated carbocycles. The van der Waals surface area contributed by atoms with Gasteiger partial charge in [0.1, 0.15) is 0 Å². The second kappa shape index (κ2) is 6.64. The predicted molar refractivity (Wildman–Crippen MR) is 97.7 cm³/mol. The van der Waals surface area contributed by atoms with E-state index in [1.165, 1.54) is 0 Å². The lowest BCUT2D eigenvalue weighted by molar-refractivity contribution is -0.129. The van der Waals surface area contributed by atoms with Gasteiger partial charge < -0.3 is 4.90 Å². The van der Waals surface area contributed by atoms with Gasteiger partial charge in [0.15, 0.2) is 10.6 Å². The van der Waals surface area contributed by atoms with E-state index in [4.69, 9.17) is 12.2 Å². The minimum absolute atomic E-state index is 0.0825. The molecule has 0 radical (unpaired) electrons. The van der Waals surface area contributed by atoms with Crippen molar-refractivity contribution in [2.75, 3.05) is 0 Å². The summed E-state index contributed by atoms with van der Waals surface area (Å²) in [4.78, 5) is 14.4. The van der Waals surface area contributed by atoms with Gasteiger partial charge in [-0.25, -0.2) is 0 Å². The summed E-state index contributed by atoms with van der Waals surface area (Å²) in [5.74, 6) is 0.945. The minimum Gasteiger partial charge on any atom is -0.328 e. The van der Waals surface area contributed by atoms with Crippen LogP contribution in [0.15, 0.2) is 60.7 Å². The maximum absolute atomic E-state index is 12.5. The Bertz CT molecular complexity index is 933. The summed E-state index contributed by atoms with van der Waals surface area (Å²) in [6, 6.07) is 19.8. The van der Waals surface area contributed by atoms with E-state index in [0.29, 0.717) is 17.7 Å². The molecule has 0 unspecified atom stereocenters. The van der Waals surface area contributed by atoms with Crippen LogP contribution in [0, 0.1) is 4.77 Å². The molecule has 1 amide bonds. The summed E-state index contributed by atoms with van der Waals surface area (Å²) in [6.45, 7) is 0.582. The molecule has 3 aromatic rings. The molecule has 0 bridgehead atoms. The normalized spacial score (nSPS) is 17.2. The maximum Gasteiger partial charge on any atom is 0.223 e. The van der Waals surface area contributed by atoms with Crippen molar-refractivity contribution in [3.05, 3.63) is 76.8 Å². The van der Waals surface area contributed by atoms with E-state index < -0.39 is 0 Å². The summed E-state index contributed by atoms with van der Waals surface area (Å²) in [5, 5.41) is 7.34. The highest BCUT2D eigenvalue weighted by Gasteiger charge is 2.35. The van der Waals surface area contributed by atoms with Crippen molar-refractivity contribution in [2.24, 2.45) is 0 Å². The van der Waals surface area contributed by atoms with Gasteiger partial charge in [-0.2, -0.15) is 5.10 Å². The third-order valence-corrected chi connectivity index (χ3v) is 4.81. The molecule has 2 heterocycles. The molecule has 25 heavy (non-hydrogen) atoms. The molecule has 1 saturated heterocycles. The average molecular weight is 350 g/mol. The molecule has 126 valence electrons. The van der Waals surface area contributed by atoms with Crippen LogP contribution in [-0.2, 0) is 11.3 Å². The number of benzene rings is 2. The number of H-pyrrole nitrogens is 1. The number of hydrogen-bond acceptors (Lipinski definition) is 3. The van der Waals surface area contributed by atoms with E-state index in [2.05, 4.69) is 10.2 Å². The molecule has 1 aromatic heterocycles. The van der Waals surface area contributed by atoms with Crippen molar-refractivity contribution in [2.45, 2.75) is 25.4 Å². The van der Waals surface area contributed by atoms with E-state index >= 15 is 0 Å². The van der Waals surface area contributed by atoms with Crippen molar-refractivity contribution < 1.29 is 4.79 Å². The molecule has 0 spiro atoms. The molecule has 5 nitrogen and oxygen atoms in total. The first-order chi connectivity index (χ1) is 12.2. The Morgan fingerprint density at radius 2 is 1.76 bits per heavy atom. The third-order valence-electron chi connectivity index (χ3n) is 4.53. The van der Waals surface area contributed by atoms with Gasteiger partial charge >= 0.3 is 0 Å². The summed E-state index contributed by atoms with van der Waals surface area (Å²) in [5.41, 5.74) is 2.07. The number of carbonyl (C=O) groups is 1. The highest BCUT2D eigenvalue weighted by atomic mass is 32.1. The first-order valence-electron chi connectivity index (χ1n) is 8.30. The Balaban J connectivity index is 1.72. The molecule has 0 aliphatic carbocycles. The van der Waals surface area contributed by atoms with Gasteiger partial charge in [-0.15, -0.1) is 0 Å². The average Bonchev–Trinajstić information content (AvgIpc) is 3.20. The lowest BCUT2D eigenvalue weighted by atomic mass is 10.1. The molecule has 1 N–H and O–H groups in total. The first-order valence-corrected chi connectivity index (χ1v) is 8.71. The Morgan fingerprint density at radius 3 is 2.48 bits per heavy atom. The second-order valence-corrected chi connectivity index (χ2v) is 6.51. The summed E-state index contributed by atoms with van der Waals surface area (Å²) in [6.07, 6.45) is 1.28. The predicted octanol–water partition coefficient (Wildman–Crippen LogP) is 3.79. The van der Waals surface area contributed by atoms with Crippen molar-refractivity contribution in [3.8, 4) is 5.69 Å². The van der Waals surface area contributed by atoms with Gasteiger partial charge in [-0.1, -0.05) is 48.5 Å². The zero-order valence-corrected chi connectivity index (χ0v) is 14.4. The number of carbonyl (C=O) groups excluding carboxylic acids is 1. The van der Waals surface area contributed by atoms with Gasteiger partial charge in [0.25, 0.3) is 0 Å². The fourth-order valence-electron chi connectivity index (χ4n) is 3.34. The number of aromatic nitrogens is 3. The standard InChI is InChI=1S/C19H18N4OS/c24-17-12-11-16(22(17)13-14-7-3-1-4-8-14)18-20-21-19(25)23(18)15-9-5-2-6-10-15/h1-10,16H,11-13H2,(H,21,25)/t16-/m1/s1. The van der Waals surface area contributed by atoms with Crippen LogP contribution in [0.2, 0.25) is 0 Å². The van der Waals surface area contributed by atoms with E-state index in [-0.39, 0.29) is 11.9 Å². The van der Waals surface area contributed by atoms with Crippen molar-refractivity contribution in [1.29, 1.82) is 0 Å². The quantitative estimate of drug-likeness (QED) is 0.728.